The van der Waals surface area contributed by atoms with Crippen molar-refractivity contribution < 1.29 is 0 Å². The molecule has 0 bridgehead atoms. The van der Waals surface area contributed by atoms with Gasteiger partial charge in [-0.25, -0.2) is 0 Å². The number of rotatable bonds is 0. The predicted octanol–water partition coefficient (Wildman–Crippen LogP) is 2.09. The highest BCUT2D eigenvalue weighted by atomic mass is 14.8. The minimum Gasteiger partial charge on any atom is -0.258 e. The van der Waals surface area contributed by atoms with Gasteiger partial charge in [-0.05, 0) is 13.0 Å². The second-order valence-corrected chi connectivity index (χ2v) is 2.61. The highest BCUT2D eigenvalue weighted by Crippen LogP contribution is 2.20. The van der Waals surface area contributed by atoms with Crippen LogP contribution in [0.1, 0.15) is 6.92 Å². The molecule has 2 rings (SSSR count). The van der Waals surface area contributed by atoms with E-state index >= 15 is 0 Å². The van der Waals surface area contributed by atoms with E-state index in [1.807, 2.05) is 13.0 Å². The normalized spacial score (nSPS) is 27.9. The lowest BCUT2D eigenvalue weighted by Crippen LogP contribution is -2.04. The smallest absolute Gasteiger partial charge is 0.0514 e. The first kappa shape index (κ1) is 5.66. The molecule has 0 N–H and O–H groups in total. The second-order valence-electron chi connectivity index (χ2n) is 2.61. The van der Waals surface area contributed by atoms with Crippen LogP contribution < -0.4 is 0 Å². The molecule has 0 aromatic carbocycles. The Morgan fingerprint density at radius 2 is 2.30 bits per heavy atom. The largest absolute Gasteiger partial charge is 0.258 e. The molecule has 0 spiro atoms. The molecule has 1 atom stereocenters. The molecule has 50 valence electrons. The lowest BCUT2D eigenvalue weighted by molar-refractivity contribution is 1.16. The summed E-state index contributed by atoms with van der Waals surface area (Å²) in [6.07, 6.45) is 10.5. The fraction of sp³-hybridized carbons (Fsp3) is 0.222. The number of hydrogen-bond donors (Lipinski definition) is 0. The fourth-order valence-corrected chi connectivity index (χ4v) is 1.30. The average Bonchev–Trinajstić information content (AvgIpc) is 2.27. The van der Waals surface area contributed by atoms with E-state index in [0.29, 0.717) is 5.92 Å². The maximum Gasteiger partial charge on any atom is 0.0514 e. The average molecular weight is 131 g/mol. The molecule has 2 aliphatic rings. The third kappa shape index (κ3) is 0.747. The summed E-state index contributed by atoms with van der Waals surface area (Å²) >= 11 is 0. The van der Waals surface area contributed by atoms with Crippen LogP contribution in [-0.2, 0) is 0 Å². The molecular weight excluding hydrogens is 122 g/mol. The summed E-state index contributed by atoms with van der Waals surface area (Å²) in [7, 11) is 0. The van der Waals surface area contributed by atoms with E-state index in [2.05, 4.69) is 29.3 Å². The molecule has 0 fully saturated rings. The van der Waals surface area contributed by atoms with Crippen LogP contribution in [0.5, 0.6) is 0 Å². The van der Waals surface area contributed by atoms with Crippen molar-refractivity contribution in [2.75, 3.05) is 0 Å². The molecule has 0 saturated carbocycles. The number of fused-ring (bicyclic) bond motifs is 1. The van der Waals surface area contributed by atoms with Gasteiger partial charge in [-0.2, -0.15) is 0 Å². The third-order valence-corrected chi connectivity index (χ3v) is 1.76. The summed E-state index contributed by atoms with van der Waals surface area (Å²) in [5.74, 6) is 0.463. The first-order valence-electron chi connectivity index (χ1n) is 3.48. The van der Waals surface area contributed by atoms with Crippen molar-refractivity contribution >= 4 is 5.71 Å². The van der Waals surface area contributed by atoms with Gasteiger partial charge in [0, 0.05) is 11.6 Å². The minimum atomic E-state index is 0.463. The highest BCUT2D eigenvalue weighted by Gasteiger charge is 2.14. The summed E-state index contributed by atoms with van der Waals surface area (Å²) in [6, 6.07) is 0. The van der Waals surface area contributed by atoms with Gasteiger partial charge >= 0.3 is 0 Å². The molecule has 1 unspecified atom stereocenters. The molecule has 10 heavy (non-hydrogen) atoms. The molecule has 1 heteroatoms. The summed E-state index contributed by atoms with van der Waals surface area (Å²) in [4.78, 5) is 4.35. The Morgan fingerprint density at radius 3 is 3.10 bits per heavy atom. The van der Waals surface area contributed by atoms with Gasteiger partial charge in [0.1, 0.15) is 0 Å². The number of nitrogens with zero attached hydrogens (tertiary/aromatic N) is 1. The zero-order valence-electron chi connectivity index (χ0n) is 5.91. The van der Waals surface area contributed by atoms with Gasteiger partial charge in [-0.15, -0.1) is 0 Å². The van der Waals surface area contributed by atoms with Gasteiger partial charge in [-0.1, -0.05) is 24.3 Å². The van der Waals surface area contributed by atoms with Crippen LogP contribution >= 0.6 is 0 Å². The number of aliphatic imine (C=N–C) groups is 1. The van der Waals surface area contributed by atoms with Crippen LogP contribution in [0.25, 0.3) is 0 Å². The van der Waals surface area contributed by atoms with Crippen molar-refractivity contribution in [1.82, 2.24) is 0 Å². The van der Waals surface area contributed by atoms with Gasteiger partial charge in [0.2, 0.25) is 0 Å². The van der Waals surface area contributed by atoms with Crippen molar-refractivity contribution in [3.05, 3.63) is 36.1 Å². The van der Waals surface area contributed by atoms with E-state index in [-0.39, 0.29) is 0 Å². The standard InChI is InChI=1S/C9H9N/c1-7-6-8-4-2-3-5-9(8)10-7/h2-6,8H,1H3. The number of allylic oxidation sites excluding steroid dienone is 6. The monoisotopic (exact) mass is 131 g/mol. The van der Waals surface area contributed by atoms with E-state index in [1.54, 1.807) is 0 Å². The molecule has 1 nitrogen and oxygen atoms in total. The minimum absolute atomic E-state index is 0.463. The molecule has 1 aliphatic carbocycles. The number of hydrogen-bond acceptors (Lipinski definition) is 1. The quantitative estimate of drug-likeness (QED) is 0.477. The Balaban J connectivity index is 2.40. The van der Waals surface area contributed by atoms with E-state index in [4.69, 9.17) is 0 Å². The molecule has 1 aliphatic heterocycles. The maximum absolute atomic E-state index is 4.35. The lowest BCUT2D eigenvalue weighted by Gasteiger charge is -2.03. The van der Waals surface area contributed by atoms with Crippen LogP contribution in [0.15, 0.2) is 41.1 Å². The fourth-order valence-electron chi connectivity index (χ4n) is 1.30. The Morgan fingerprint density at radius 1 is 1.40 bits per heavy atom. The van der Waals surface area contributed by atoms with Gasteiger partial charge in [0.15, 0.2) is 0 Å². The molecule has 0 amide bonds. The lowest BCUT2D eigenvalue weighted by atomic mass is 10.0. The van der Waals surface area contributed by atoms with Crippen LogP contribution in [0.4, 0.5) is 0 Å². The summed E-state index contributed by atoms with van der Waals surface area (Å²) < 4.78 is 0. The second kappa shape index (κ2) is 1.94. The molecule has 0 saturated heterocycles. The van der Waals surface area contributed by atoms with Gasteiger partial charge in [-0.3, -0.25) is 4.99 Å². The summed E-state index contributed by atoms with van der Waals surface area (Å²) in [5, 5.41) is 0. The topological polar surface area (TPSA) is 12.4 Å². The zero-order valence-corrected chi connectivity index (χ0v) is 5.91. The van der Waals surface area contributed by atoms with Crippen molar-refractivity contribution in [2.45, 2.75) is 6.92 Å². The van der Waals surface area contributed by atoms with E-state index < -0.39 is 0 Å². The van der Waals surface area contributed by atoms with Gasteiger partial charge in [0.25, 0.3) is 0 Å². The van der Waals surface area contributed by atoms with E-state index in [1.165, 1.54) is 5.71 Å². The van der Waals surface area contributed by atoms with Crippen molar-refractivity contribution in [1.29, 1.82) is 0 Å². The van der Waals surface area contributed by atoms with Crippen molar-refractivity contribution in [3.63, 3.8) is 0 Å². The van der Waals surface area contributed by atoms with Crippen LogP contribution in [0, 0.1) is 5.92 Å². The summed E-state index contributed by atoms with van der Waals surface area (Å²) in [5.41, 5.74) is 2.32. The van der Waals surface area contributed by atoms with Crippen LogP contribution in [-0.4, -0.2) is 5.71 Å². The zero-order chi connectivity index (χ0) is 6.97. The summed E-state index contributed by atoms with van der Waals surface area (Å²) in [6.45, 7) is 2.03. The molecule has 0 aromatic rings. The van der Waals surface area contributed by atoms with Crippen LogP contribution in [0.2, 0.25) is 0 Å². The first-order chi connectivity index (χ1) is 4.86. The molecular formula is C9H9N. The highest BCUT2D eigenvalue weighted by molar-refractivity contribution is 6.02. The van der Waals surface area contributed by atoms with E-state index in [9.17, 15) is 0 Å². The molecule has 0 aromatic heterocycles. The Labute approximate surface area is 60.5 Å². The van der Waals surface area contributed by atoms with Crippen molar-refractivity contribution in [2.24, 2.45) is 10.9 Å². The van der Waals surface area contributed by atoms with Crippen LogP contribution in [0.3, 0.4) is 0 Å². The van der Waals surface area contributed by atoms with Gasteiger partial charge in [0.05, 0.1) is 5.71 Å². The molecule has 1 heterocycles. The molecule has 0 radical (unpaired) electrons. The Kier molecular flexibility index (Phi) is 1.10. The maximum atomic E-state index is 4.35. The predicted molar refractivity (Wildman–Crippen MR) is 43.0 cm³/mol. The first-order valence-corrected chi connectivity index (χ1v) is 3.48. The SMILES string of the molecule is CC1=CC2C=CC=CC2=N1. The third-order valence-electron chi connectivity index (χ3n) is 1.76. The van der Waals surface area contributed by atoms with Gasteiger partial charge < -0.3 is 0 Å². The Hall–Kier alpha value is -1.11. The Bertz CT molecular complexity index is 266. The van der Waals surface area contributed by atoms with Crippen molar-refractivity contribution in [3.8, 4) is 0 Å². The van der Waals surface area contributed by atoms with E-state index in [0.717, 1.165) is 5.70 Å².